The number of nitrogens with zero attached hydrogens (tertiary/aromatic N) is 3. The van der Waals surface area contributed by atoms with Crippen molar-refractivity contribution in [3.8, 4) is 0 Å². The first-order valence-electron chi connectivity index (χ1n) is 8.48. The number of carboxylic acids is 2. The standard InChI is InChI=1S/C15H15N5O10S.Na/c16-14-18-7(5-31-14)10(19-28-4-8(21)22)11(24)17-6-3-29-20(12(6)25)15(13(26)27)2-1-9(23)30-15;/h5-6H,1-4H2,(H2,16,18)(H,17,24)(H,21,22)(H,26,27);/q;+1/p-1/b19-10-;/t6-,15?;/m0./s1. The van der Waals surface area contributed by atoms with E-state index in [1.165, 1.54) is 5.38 Å². The first-order chi connectivity index (χ1) is 14.6. The zero-order valence-electron chi connectivity index (χ0n) is 16.4. The predicted octanol–water partition coefficient (Wildman–Crippen LogP) is -6.42. The van der Waals surface area contributed by atoms with Crippen LogP contribution in [0.2, 0.25) is 0 Å². The number of aromatic nitrogens is 1. The van der Waals surface area contributed by atoms with Crippen molar-refractivity contribution in [2.75, 3.05) is 18.9 Å². The Kier molecular flexibility index (Phi) is 8.13. The number of hydroxylamine groups is 2. The number of oxime groups is 1. The van der Waals surface area contributed by atoms with Gasteiger partial charge in [-0.05, 0) is 0 Å². The van der Waals surface area contributed by atoms with Gasteiger partial charge in [0.2, 0.25) is 6.61 Å². The van der Waals surface area contributed by atoms with E-state index in [2.05, 4.69) is 20.3 Å². The van der Waals surface area contributed by atoms with Crippen molar-refractivity contribution in [3.63, 3.8) is 0 Å². The summed E-state index contributed by atoms with van der Waals surface area (Å²) in [7, 11) is 0. The Bertz CT molecular complexity index is 984. The van der Waals surface area contributed by atoms with Gasteiger partial charge < -0.3 is 35.6 Å². The second-order valence-corrected chi connectivity index (χ2v) is 7.07. The van der Waals surface area contributed by atoms with Crippen LogP contribution in [-0.4, -0.2) is 75.6 Å². The summed E-state index contributed by atoms with van der Waals surface area (Å²) in [5, 5.41) is 27.7. The predicted molar refractivity (Wildman–Crippen MR) is 94.4 cm³/mol. The Morgan fingerprint density at radius 2 is 2.19 bits per heavy atom. The number of nitrogens with one attached hydrogen (secondary N) is 1. The number of ether oxygens (including phenoxy) is 1. The Labute approximate surface area is 204 Å². The molecule has 4 N–H and O–H groups in total. The molecule has 17 heteroatoms. The van der Waals surface area contributed by atoms with Gasteiger partial charge in [0.05, 0.1) is 6.42 Å². The molecule has 2 atom stereocenters. The minimum atomic E-state index is -2.45. The Morgan fingerprint density at radius 1 is 1.47 bits per heavy atom. The van der Waals surface area contributed by atoms with Crippen LogP contribution in [0.1, 0.15) is 18.5 Å². The number of esters is 1. The van der Waals surface area contributed by atoms with E-state index in [0.29, 0.717) is 5.06 Å². The number of carboxylic acid groups (broad SMARTS) is 2. The summed E-state index contributed by atoms with van der Waals surface area (Å²) in [6, 6.07) is -1.39. The van der Waals surface area contributed by atoms with E-state index < -0.39 is 66.8 Å². The van der Waals surface area contributed by atoms with Gasteiger partial charge in [0.15, 0.2) is 10.8 Å². The summed E-state index contributed by atoms with van der Waals surface area (Å²) < 4.78 is 4.76. The number of amides is 2. The third kappa shape index (κ3) is 5.16. The Balaban J connectivity index is 0.00000363. The molecule has 2 saturated heterocycles. The van der Waals surface area contributed by atoms with Gasteiger partial charge in [-0.1, -0.05) is 5.16 Å². The number of hydrogen-bond donors (Lipinski definition) is 3. The number of aliphatic carboxylic acids is 2. The minimum absolute atomic E-state index is 0. The molecule has 1 aromatic rings. The van der Waals surface area contributed by atoms with Crippen molar-refractivity contribution in [1.29, 1.82) is 0 Å². The van der Waals surface area contributed by atoms with Crippen LogP contribution in [0.3, 0.4) is 0 Å². The van der Waals surface area contributed by atoms with Gasteiger partial charge in [-0.2, -0.15) is 5.06 Å². The fourth-order valence-corrected chi connectivity index (χ4v) is 3.27. The molecule has 1 unspecified atom stereocenters. The molecule has 1 aromatic heterocycles. The van der Waals surface area contributed by atoms with Gasteiger partial charge in [-0.25, -0.2) is 9.78 Å². The molecule has 3 heterocycles. The molecule has 32 heavy (non-hydrogen) atoms. The number of anilines is 1. The third-order valence-electron chi connectivity index (χ3n) is 4.10. The number of nitrogens with two attached hydrogens (primary N) is 1. The number of carbonyl (C=O) groups excluding carboxylic acids is 4. The molecule has 15 nitrogen and oxygen atoms in total. The van der Waals surface area contributed by atoms with Crippen molar-refractivity contribution in [2.45, 2.75) is 24.6 Å². The molecule has 0 saturated carbocycles. The van der Waals surface area contributed by atoms with Gasteiger partial charge in [0.25, 0.3) is 17.5 Å². The summed E-state index contributed by atoms with van der Waals surface area (Å²) in [5.41, 5.74) is 2.54. The molecule has 0 radical (unpaired) electrons. The van der Waals surface area contributed by atoms with Crippen molar-refractivity contribution in [2.24, 2.45) is 5.16 Å². The topological polar surface area (TPSA) is 223 Å². The maximum absolute atomic E-state index is 12.6. The zero-order chi connectivity index (χ0) is 22.8. The average molecular weight is 479 g/mol. The normalized spacial score (nSPS) is 22.8. The maximum atomic E-state index is 12.6. The van der Waals surface area contributed by atoms with Gasteiger partial charge in [-0.3, -0.25) is 19.2 Å². The summed E-state index contributed by atoms with van der Waals surface area (Å²) >= 11 is 0.967. The average Bonchev–Trinajstić information content (AvgIpc) is 3.39. The minimum Gasteiger partial charge on any atom is -0.544 e. The summed E-state index contributed by atoms with van der Waals surface area (Å²) in [6.45, 7) is -1.34. The van der Waals surface area contributed by atoms with Crippen LogP contribution in [-0.2, 0) is 38.4 Å². The molecular formula is C15H14N5NaO10S. The van der Waals surface area contributed by atoms with Crippen molar-refractivity contribution < 1.29 is 78.2 Å². The van der Waals surface area contributed by atoms with Crippen LogP contribution in [0, 0.1) is 0 Å². The number of rotatable bonds is 8. The summed E-state index contributed by atoms with van der Waals surface area (Å²) in [6.07, 6.45) is -0.671. The van der Waals surface area contributed by atoms with Gasteiger partial charge >= 0.3 is 41.5 Å². The molecule has 2 fully saturated rings. The maximum Gasteiger partial charge on any atom is 1.00 e. The van der Waals surface area contributed by atoms with E-state index in [-0.39, 0.29) is 46.8 Å². The fourth-order valence-electron chi connectivity index (χ4n) is 2.72. The second kappa shape index (κ2) is 10.2. The van der Waals surface area contributed by atoms with Crippen LogP contribution >= 0.6 is 11.3 Å². The second-order valence-electron chi connectivity index (χ2n) is 6.18. The quantitative estimate of drug-likeness (QED) is 0.137. The number of hydrogen-bond acceptors (Lipinski definition) is 13. The van der Waals surface area contributed by atoms with Gasteiger partial charge in [0, 0.05) is 11.8 Å². The van der Waals surface area contributed by atoms with Crippen LogP contribution in [0.5, 0.6) is 0 Å². The molecule has 2 aliphatic heterocycles. The number of carbonyl (C=O) groups is 5. The van der Waals surface area contributed by atoms with Crippen LogP contribution in [0.15, 0.2) is 10.5 Å². The molecule has 0 aliphatic carbocycles. The van der Waals surface area contributed by atoms with Crippen molar-refractivity contribution in [3.05, 3.63) is 11.1 Å². The van der Waals surface area contributed by atoms with E-state index in [4.69, 9.17) is 20.4 Å². The zero-order valence-corrected chi connectivity index (χ0v) is 19.2. The van der Waals surface area contributed by atoms with E-state index >= 15 is 0 Å². The van der Waals surface area contributed by atoms with Crippen LogP contribution in [0.4, 0.5) is 5.13 Å². The first-order valence-corrected chi connectivity index (χ1v) is 9.36. The van der Waals surface area contributed by atoms with E-state index in [1.807, 2.05) is 0 Å². The number of nitrogen functional groups attached to an aromatic ring is 1. The first kappa shape index (κ1) is 25.5. The smallest absolute Gasteiger partial charge is 0.544 e. The monoisotopic (exact) mass is 479 g/mol. The molecule has 3 rings (SSSR count). The number of cyclic esters (lactones) is 1. The largest absolute Gasteiger partial charge is 1.00 e. The molecule has 2 aliphatic rings. The summed E-state index contributed by atoms with van der Waals surface area (Å²) in [4.78, 5) is 72.3. The van der Waals surface area contributed by atoms with Crippen molar-refractivity contribution >= 4 is 51.9 Å². The van der Waals surface area contributed by atoms with E-state index in [1.54, 1.807) is 0 Å². The number of thiazole rings is 1. The molecule has 0 spiro atoms. The Morgan fingerprint density at radius 3 is 2.72 bits per heavy atom. The SMILES string of the molecule is Nc1nc(/C(=N/OCC(=O)O)C(=O)N[C@H]2CON(C3(C(=O)[O-])CCC(=O)O3)C2=O)cs1.[Na+]. The molecule has 0 bridgehead atoms. The molecular weight excluding hydrogens is 465 g/mol. The van der Waals surface area contributed by atoms with Crippen molar-refractivity contribution in [1.82, 2.24) is 15.4 Å². The van der Waals surface area contributed by atoms with E-state index in [9.17, 15) is 29.1 Å². The van der Waals surface area contributed by atoms with E-state index in [0.717, 1.165) is 11.3 Å². The molecule has 166 valence electrons. The van der Waals surface area contributed by atoms with Crippen LogP contribution < -0.4 is 45.7 Å². The Hall–Kier alpha value is -2.79. The molecule has 0 aromatic carbocycles. The summed E-state index contributed by atoms with van der Waals surface area (Å²) in [5.74, 6) is -6.10. The third-order valence-corrected chi connectivity index (χ3v) is 4.77. The van der Waals surface area contributed by atoms with Gasteiger partial charge in [-0.15, -0.1) is 11.3 Å². The fraction of sp³-hybridized carbons (Fsp3) is 0.400. The van der Waals surface area contributed by atoms with Gasteiger partial charge in [0.1, 0.15) is 24.3 Å². The van der Waals surface area contributed by atoms with Crippen LogP contribution in [0.25, 0.3) is 0 Å². The molecule has 2 amide bonds.